The Labute approximate surface area is 166 Å². The number of benzene rings is 3. The van der Waals surface area contributed by atoms with Gasteiger partial charge in [0.05, 0.1) is 16.1 Å². The van der Waals surface area contributed by atoms with Gasteiger partial charge < -0.3 is 14.8 Å². The first kappa shape index (κ1) is 18.7. The quantitative estimate of drug-likeness (QED) is 0.448. The number of rotatable bonds is 5. The summed E-state index contributed by atoms with van der Waals surface area (Å²) in [7, 11) is -4.02. The minimum absolute atomic E-state index is 0.127. The second kappa shape index (κ2) is 7.38. The maximum atomic E-state index is 11.2. The van der Waals surface area contributed by atoms with E-state index in [2.05, 4.69) is 15.2 Å². The van der Waals surface area contributed by atoms with Crippen LogP contribution in [0.2, 0.25) is 0 Å². The van der Waals surface area contributed by atoms with Crippen molar-refractivity contribution in [2.45, 2.75) is 4.90 Å². The largest absolute Gasteiger partial charge is 0.493 e. The van der Waals surface area contributed by atoms with Crippen molar-refractivity contribution in [3.05, 3.63) is 72.8 Å². The first-order valence-corrected chi connectivity index (χ1v) is 9.97. The van der Waals surface area contributed by atoms with E-state index in [0.29, 0.717) is 28.1 Å². The van der Waals surface area contributed by atoms with Crippen molar-refractivity contribution < 1.29 is 18.3 Å². The molecule has 0 saturated heterocycles. The number of hydrogen-bond acceptors (Lipinski definition) is 6. The SMILES string of the molecule is [NH]S(=O)(=O)c1ccc(N=Nc2c(O)[nH]c3cc(Oc4ccccc4)ccc23)cc1. The molecule has 3 N–H and O–H groups in total. The number of para-hydroxylation sites is 1. The summed E-state index contributed by atoms with van der Waals surface area (Å²) >= 11 is 0. The maximum Gasteiger partial charge on any atom is 0.254 e. The van der Waals surface area contributed by atoms with Crippen LogP contribution in [0.3, 0.4) is 0 Å². The molecule has 0 atom stereocenters. The lowest BCUT2D eigenvalue weighted by Crippen LogP contribution is -1.99. The van der Waals surface area contributed by atoms with E-state index in [0.717, 1.165) is 0 Å². The van der Waals surface area contributed by atoms with Gasteiger partial charge in [-0.2, -0.15) is 5.11 Å². The fourth-order valence-electron chi connectivity index (χ4n) is 2.74. The summed E-state index contributed by atoms with van der Waals surface area (Å²) in [5, 5.41) is 26.0. The first-order valence-electron chi connectivity index (χ1n) is 8.49. The highest BCUT2D eigenvalue weighted by atomic mass is 32.2. The molecule has 0 unspecified atom stereocenters. The van der Waals surface area contributed by atoms with Crippen LogP contribution in [0.1, 0.15) is 0 Å². The van der Waals surface area contributed by atoms with Gasteiger partial charge in [-0.15, -0.1) is 10.3 Å². The average Bonchev–Trinajstić information content (AvgIpc) is 3.01. The van der Waals surface area contributed by atoms with Gasteiger partial charge in [-0.1, -0.05) is 18.2 Å². The number of aromatic hydroxyl groups is 1. The van der Waals surface area contributed by atoms with E-state index in [1.165, 1.54) is 24.3 Å². The minimum Gasteiger partial charge on any atom is -0.493 e. The Hall–Kier alpha value is -3.69. The predicted octanol–water partition coefficient (Wildman–Crippen LogP) is 5.05. The zero-order chi connectivity index (χ0) is 20.4. The third-order valence-corrected chi connectivity index (χ3v) is 5.01. The summed E-state index contributed by atoms with van der Waals surface area (Å²) in [4.78, 5) is 2.71. The molecule has 1 radical (unpaired) electrons. The Morgan fingerprint density at radius 2 is 1.62 bits per heavy atom. The fraction of sp³-hybridized carbons (Fsp3) is 0. The van der Waals surface area contributed by atoms with Crippen LogP contribution in [0, 0.1) is 0 Å². The lowest BCUT2D eigenvalue weighted by atomic mass is 10.2. The number of aromatic amines is 1. The summed E-state index contributed by atoms with van der Waals surface area (Å²) < 4.78 is 28.2. The van der Waals surface area contributed by atoms with Gasteiger partial charge in [0.1, 0.15) is 11.5 Å². The van der Waals surface area contributed by atoms with Crippen LogP contribution in [-0.4, -0.2) is 18.5 Å². The van der Waals surface area contributed by atoms with Gasteiger partial charge >= 0.3 is 0 Å². The molecule has 8 nitrogen and oxygen atoms in total. The minimum atomic E-state index is -4.02. The van der Waals surface area contributed by atoms with Crippen molar-refractivity contribution in [3.63, 3.8) is 0 Å². The summed E-state index contributed by atoms with van der Waals surface area (Å²) in [6.45, 7) is 0. The molecular weight excluding hydrogens is 392 g/mol. The van der Waals surface area contributed by atoms with E-state index < -0.39 is 10.0 Å². The molecule has 4 aromatic rings. The number of sulfonamides is 1. The standard InChI is InChI=1S/C20H15N4O4S/c21-29(26,27)16-9-6-13(7-10-16)23-24-19-17-11-8-15(12-18(17)22-20(19)25)28-14-4-2-1-3-5-14/h1-12,21-22,25H. The van der Waals surface area contributed by atoms with E-state index in [9.17, 15) is 13.5 Å². The zero-order valence-corrected chi connectivity index (χ0v) is 15.7. The van der Waals surface area contributed by atoms with Crippen LogP contribution in [0.4, 0.5) is 11.4 Å². The summed E-state index contributed by atoms with van der Waals surface area (Å²) in [6.07, 6.45) is 0. The third-order valence-electron chi connectivity index (χ3n) is 4.11. The lowest BCUT2D eigenvalue weighted by Gasteiger charge is -2.05. The normalized spacial score (nSPS) is 11.9. The van der Waals surface area contributed by atoms with Crippen molar-refractivity contribution in [3.8, 4) is 17.4 Å². The number of ether oxygens (including phenoxy) is 1. The Kier molecular flexibility index (Phi) is 4.75. The smallest absolute Gasteiger partial charge is 0.254 e. The van der Waals surface area contributed by atoms with Crippen LogP contribution < -0.4 is 9.88 Å². The molecule has 0 fully saturated rings. The van der Waals surface area contributed by atoms with Gasteiger partial charge in [0.2, 0.25) is 5.88 Å². The van der Waals surface area contributed by atoms with Crippen LogP contribution in [-0.2, 0) is 10.0 Å². The number of fused-ring (bicyclic) bond motifs is 1. The number of H-pyrrole nitrogens is 1. The molecule has 9 heteroatoms. The highest BCUT2D eigenvalue weighted by Gasteiger charge is 2.12. The molecule has 0 spiro atoms. The number of aromatic nitrogens is 1. The predicted molar refractivity (Wildman–Crippen MR) is 107 cm³/mol. The van der Waals surface area contributed by atoms with Crippen molar-refractivity contribution >= 4 is 32.3 Å². The molecule has 3 aromatic carbocycles. The van der Waals surface area contributed by atoms with Gasteiger partial charge in [-0.25, -0.2) is 8.42 Å². The number of nitrogens with one attached hydrogen (secondary N) is 2. The Morgan fingerprint density at radius 1 is 0.897 bits per heavy atom. The molecule has 0 aliphatic rings. The van der Waals surface area contributed by atoms with Crippen molar-refractivity contribution in [2.75, 3.05) is 0 Å². The van der Waals surface area contributed by atoms with Gasteiger partial charge in [-0.05, 0) is 48.5 Å². The van der Waals surface area contributed by atoms with Crippen LogP contribution in [0.25, 0.3) is 10.9 Å². The second-order valence-electron chi connectivity index (χ2n) is 6.14. The molecule has 29 heavy (non-hydrogen) atoms. The number of hydrogen-bond donors (Lipinski definition) is 2. The van der Waals surface area contributed by atoms with Crippen LogP contribution in [0.15, 0.2) is 87.9 Å². The summed E-state index contributed by atoms with van der Waals surface area (Å²) in [5.41, 5.74) is 1.26. The molecule has 145 valence electrons. The Morgan fingerprint density at radius 3 is 2.31 bits per heavy atom. The average molecular weight is 407 g/mol. The number of nitrogens with zero attached hydrogens (tertiary/aromatic N) is 2. The van der Waals surface area contributed by atoms with Crippen molar-refractivity contribution in [1.82, 2.24) is 10.1 Å². The zero-order valence-electron chi connectivity index (χ0n) is 14.9. The highest BCUT2D eigenvalue weighted by Crippen LogP contribution is 2.38. The van der Waals surface area contributed by atoms with E-state index in [1.807, 2.05) is 30.3 Å². The van der Waals surface area contributed by atoms with Crippen molar-refractivity contribution in [1.29, 1.82) is 0 Å². The molecule has 0 aliphatic carbocycles. The Bertz CT molecular complexity index is 1300. The molecule has 0 saturated carbocycles. The van der Waals surface area contributed by atoms with Crippen LogP contribution >= 0.6 is 0 Å². The molecule has 1 aromatic heterocycles. The maximum absolute atomic E-state index is 11.2. The van der Waals surface area contributed by atoms with E-state index in [4.69, 9.17) is 9.88 Å². The van der Waals surface area contributed by atoms with E-state index in [-0.39, 0.29) is 16.5 Å². The molecule has 1 heterocycles. The third kappa shape index (κ3) is 4.10. The Balaban J connectivity index is 1.60. The van der Waals surface area contributed by atoms with Gasteiger partial charge in [0, 0.05) is 11.5 Å². The molecule has 0 amide bonds. The molecule has 4 rings (SSSR count). The van der Waals surface area contributed by atoms with Crippen LogP contribution in [0.5, 0.6) is 17.4 Å². The summed E-state index contributed by atoms with van der Waals surface area (Å²) in [5.74, 6) is 1.15. The monoisotopic (exact) mass is 407 g/mol. The molecular formula is C20H15N4O4S. The van der Waals surface area contributed by atoms with E-state index >= 15 is 0 Å². The second-order valence-corrected chi connectivity index (χ2v) is 7.62. The fourth-order valence-corrected chi connectivity index (χ4v) is 3.23. The first-order chi connectivity index (χ1) is 13.9. The van der Waals surface area contributed by atoms with Crippen molar-refractivity contribution in [2.24, 2.45) is 10.2 Å². The van der Waals surface area contributed by atoms with Gasteiger partial charge in [0.15, 0.2) is 5.69 Å². The van der Waals surface area contributed by atoms with Gasteiger partial charge in [-0.3, -0.25) is 0 Å². The number of azo groups is 1. The van der Waals surface area contributed by atoms with E-state index in [1.54, 1.807) is 18.2 Å². The topological polar surface area (TPSA) is 128 Å². The summed E-state index contributed by atoms with van der Waals surface area (Å²) in [6, 6.07) is 20.0. The van der Waals surface area contributed by atoms with Gasteiger partial charge in [0.25, 0.3) is 10.0 Å². The lowest BCUT2D eigenvalue weighted by molar-refractivity contribution is 0.459. The molecule has 0 aliphatic heterocycles. The highest BCUT2D eigenvalue weighted by molar-refractivity contribution is 7.88. The molecule has 0 bridgehead atoms.